The summed E-state index contributed by atoms with van der Waals surface area (Å²) in [5.41, 5.74) is 8.82. The molecule has 0 unspecified atom stereocenters. The van der Waals surface area contributed by atoms with Crippen LogP contribution in [0.15, 0.2) is 60.7 Å². The van der Waals surface area contributed by atoms with E-state index in [1.807, 2.05) is 6.07 Å². The van der Waals surface area contributed by atoms with Gasteiger partial charge in [-0.15, -0.1) is 12.4 Å². The van der Waals surface area contributed by atoms with Gasteiger partial charge in [0.15, 0.2) is 0 Å². The molecule has 156 valence electrons. The Morgan fingerprint density at radius 1 is 0.862 bits per heavy atom. The maximum atomic E-state index is 13.0. The van der Waals surface area contributed by atoms with Crippen molar-refractivity contribution >= 4 is 18.3 Å². The average Bonchev–Trinajstić information content (AvgIpc) is 3.20. The zero-order chi connectivity index (χ0) is 19.3. The van der Waals surface area contributed by atoms with Gasteiger partial charge in [0.1, 0.15) is 0 Å². The lowest BCUT2D eigenvalue weighted by Gasteiger charge is -2.29. The summed E-state index contributed by atoms with van der Waals surface area (Å²) >= 11 is 0. The molecule has 1 saturated carbocycles. The van der Waals surface area contributed by atoms with Gasteiger partial charge < -0.3 is 10.6 Å². The molecule has 0 spiro atoms. The first-order valence-electron chi connectivity index (χ1n) is 10.8. The Labute approximate surface area is 181 Å². The molecule has 2 fully saturated rings. The SMILES string of the molecule is Cl.NC[C@@H]1CN(C(=O)CC2CCC(c3ccccc3)CC2)C[C@H]1c1ccccc1. The predicted molar refractivity (Wildman–Crippen MR) is 121 cm³/mol. The van der Waals surface area contributed by atoms with Gasteiger partial charge in [-0.3, -0.25) is 4.79 Å². The first-order chi connectivity index (χ1) is 13.7. The highest BCUT2D eigenvalue weighted by Gasteiger charge is 2.36. The van der Waals surface area contributed by atoms with Gasteiger partial charge in [-0.05, 0) is 61.1 Å². The smallest absolute Gasteiger partial charge is 0.222 e. The van der Waals surface area contributed by atoms with E-state index in [4.69, 9.17) is 5.73 Å². The second-order valence-corrected chi connectivity index (χ2v) is 8.64. The number of amides is 1. The number of carbonyl (C=O) groups excluding carboxylic acids is 1. The van der Waals surface area contributed by atoms with E-state index in [2.05, 4.69) is 59.5 Å². The first-order valence-corrected chi connectivity index (χ1v) is 10.8. The zero-order valence-corrected chi connectivity index (χ0v) is 17.9. The maximum absolute atomic E-state index is 13.0. The van der Waals surface area contributed by atoms with Crippen molar-refractivity contribution in [3.05, 3.63) is 71.8 Å². The summed E-state index contributed by atoms with van der Waals surface area (Å²) in [5.74, 6) is 2.30. The average molecular weight is 413 g/mol. The second kappa shape index (κ2) is 10.3. The lowest BCUT2D eigenvalue weighted by Crippen LogP contribution is -2.32. The van der Waals surface area contributed by atoms with Crippen LogP contribution in [-0.4, -0.2) is 30.4 Å². The molecule has 4 heteroatoms. The maximum Gasteiger partial charge on any atom is 0.222 e. The molecule has 1 heterocycles. The van der Waals surface area contributed by atoms with Gasteiger partial charge in [-0.2, -0.15) is 0 Å². The topological polar surface area (TPSA) is 46.3 Å². The zero-order valence-electron chi connectivity index (χ0n) is 17.1. The fourth-order valence-electron chi connectivity index (χ4n) is 5.19. The van der Waals surface area contributed by atoms with Crippen LogP contribution in [0.1, 0.15) is 55.1 Å². The van der Waals surface area contributed by atoms with Gasteiger partial charge in [-0.1, -0.05) is 60.7 Å². The molecule has 1 saturated heterocycles. The van der Waals surface area contributed by atoms with Gasteiger partial charge in [0.25, 0.3) is 0 Å². The fourth-order valence-corrected chi connectivity index (χ4v) is 5.19. The van der Waals surface area contributed by atoms with Crippen molar-refractivity contribution in [2.24, 2.45) is 17.6 Å². The number of hydrogen-bond donors (Lipinski definition) is 1. The molecule has 3 nitrogen and oxygen atoms in total. The molecular weight excluding hydrogens is 380 g/mol. The Bertz CT molecular complexity index is 759. The van der Waals surface area contributed by atoms with E-state index in [0.717, 1.165) is 13.1 Å². The van der Waals surface area contributed by atoms with E-state index < -0.39 is 0 Å². The van der Waals surface area contributed by atoms with E-state index in [1.165, 1.54) is 36.8 Å². The Hall–Kier alpha value is -1.84. The molecule has 2 aromatic carbocycles. The van der Waals surface area contributed by atoms with E-state index in [-0.39, 0.29) is 12.4 Å². The van der Waals surface area contributed by atoms with E-state index >= 15 is 0 Å². The second-order valence-electron chi connectivity index (χ2n) is 8.64. The number of likely N-dealkylation sites (tertiary alicyclic amines) is 1. The lowest BCUT2D eigenvalue weighted by atomic mass is 9.77. The van der Waals surface area contributed by atoms with Gasteiger partial charge in [0.2, 0.25) is 5.91 Å². The molecule has 2 aromatic rings. The fraction of sp³-hybridized carbons (Fsp3) is 0.480. The third kappa shape index (κ3) is 5.21. The van der Waals surface area contributed by atoms with Gasteiger partial charge >= 0.3 is 0 Å². The largest absolute Gasteiger partial charge is 0.342 e. The van der Waals surface area contributed by atoms with Crippen LogP contribution >= 0.6 is 12.4 Å². The van der Waals surface area contributed by atoms with Crippen molar-refractivity contribution < 1.29 is 4.79 Å². The van der Waals surface area contributed by atoms with Gasteiger partial charge in [0.05, 0.1) is 0 Å². The third-order valence-electron chi connectivity index (χ3n) is 6.91. The summed E-state index contributed by atoms with van der Waals surface area (Å²) < 4.78 is 0. The van der Waals surface area contributed by atoms with Gasteiger partial charge in [-0.25, -0.2) is 0 Å². The summed E-state index contributed by atoms with van der Waals surface area (Å²) in [6, 6.07) is 21.4. The summed E-state index contributed by atoms with van der Waals surface area (Å²) in [6.45, 7) is 2.28. The van der Waals surface area contributed by atoms with Crippen LogP contribution in [0.2, 0.25) is 0 Å². The van der Waals surface area contributed by atoms with Crippen LogP contribution in [0.4, 0.5) is 0 Å². The molecule has 2 N–H and O–H groups in total. The Balaban J connectivity index is 0.00000240. The summed E-state index contributed by atoms with van der Waals surface area (Å²) in [5, 5.41) is 0. The number of nitrogens with zero attached hydrogens (tertiary/aromatic N) is 1. The van der Waals surface area contributed by atoms with Crippen molar-refractivity contribution in [2.75, 3.05) is 19.6 Å². The van der Waals surface area contributed by atoms with Crippen LogP contribution in [0, 0.1) is 11.8 Å². The van der Waals surface area contributed by atoms with Crippen molar-refractivity contribution in [2.45, 2.75) is 43.9 Å². The molecule has 2 atom stereocenters. The monoisotopic (exact) mass is 412 g/mol. The van der Waals surface area contributed by atoms with Crippen LogP contribution in [0.3, 0.4) is 0 Å². The Morgan fingerprint density at radius 3 is 2.03 bits per heavy atom. The molecule has 1 aliphatic heterocycles. The molecule has 0 aromatic heterocycles. The summed E-state index contributed by atoms with van der Waals surface area (Å²) in [7, 11) is 0. The molecule has 0 radical (unpaired) electrons. The normalized spacial score (nSPS) is 26.7. The van der Waals surface area contributed by atoms with Crippen molar-refractivity contribution in [1.82, 2.24) is 4.90 Å². The molecule has 29 heavy (non-hydrogen) atoms. The van der Waals surface area contributed by atoms with Crippen LogP contribution in [0.25, 0.3) is 0 Å². The minimum absolute atomic E-state index is 0. The molecule has 0 bridgehead atoms. The predicted octanol–water partition coefficient (Wildman–Crippen LogP) is 4.97. The number of benzene rings is 2. The van der Waals surface area contributed by atoms with Crippen molar-refractivity contribution in [3.63, 3.8) is 0 Å². The highest BCUT2D eigenvalue weighted by molar-refractivity contribution is 5.85. The number of hydrogen-bond acceptors (Lipinski definition) is 2. The molecular formula is C25H33ClN2O. The summed E-state index contributed by atoms with van der Waals surface area (Å²) in [6.07, 6.45) is 5.46. The quantitative estimate of drug-likeness (QED) is 0.753. The van der Waals surface area contributed by atoms with E-state index in [0.29, 0.717) is 42.5 Å². The van der Waals surface area contributed by atoms with E-state index in [1.54, 1.807) is 0 Å². The summed E-state index contributed by atoms with van der Waals surface area (Å²) in [4.78, 5) is 15.1. The third-order valence-corrected chi connectivity index (χ3v) is 6.91. The Kier molecular flexibility index (Phi) is 7.74. The number of nitrogens with two attached hydrogens (primary N) is 1. The van der Waals surface area contributed by atoms with Crippen molar-refractivity contribution in [3.8, 4) is 0 Å². The standard InChI is InChI=1S/C25H32N2O.ClH/c26-16-23-17-27(18-24(23)22-9-5-2-6-10-22)25(28)15-19-11-13-21(14-12-19)20-7-3-1-4-8-20;/h1-10,19,21,23-24H,11-18,26H2;1H/t19?,21?,23-,24+;/m1./s1. The number of rotatable bonds is 5. The van der Waals surface area contributed by atoms with E-state index in [9.17, 15) is 4.79 Å². The van der Waals surface area contributed by atoms with Crippen LogP contribution < -0.4 is 5.73 Å². The minimum atomic E-state index is 0. The minimum Gasteiger partial charge on any atom is -0.342 e. The molecule has 4 rings (SSSR count). The number of halogens is 1. The Morgan fingerprint density at radius 2 is 1.45 bits per heavy atom. The van der Waals surface area contributed by atoms with Crippen molar-refractivity contribution in [1.29, 1.82) is 0 Å². The van der Waals surface area contributed by atoms with Crippen LogP contribution in [0.5, 0.6) is 0 Å². The highest BCUT2D eigenvalue weighted by atomic mass is 35.5. The number of carbonyl (C=O) groups is 1. The molecule has 1 amide bonds. The highest BCUT2D eigenvalue weighted by Crippen LogP contribution is 2.38. The van der Waals surface area contributed by atoms with Crippen LogP contribution in [-0.2, 0) is 4.79 Å². The lowest BCUT2D eigenvalue weighted by molar-refractivity contribution is -0.131. The van der Waals surface area contributed by atoms with Gasteiger partial charge in [0, 0.05) is 25.4 Å². The first kappa shape index (κ1) is 21.9. The molecule has 2 aliphatic rings. The molecule has 1 aliphatic carbocycles.